The highest BCUT2D eigenvalue weighted by Gasteiger charge is 2.19. The highest BCUT2D eigenvalue weighted by Crippen LogP contribution is 2.25. The molecule has 1 aromatic carbocycles. The van der Waals surface area contributed by atoms with Crippen LogP contribution in [0.2, 0.25) is 0 Å². The lowest BCUT2D eigenvalue weighted by Crippen LogP contribution is -2.22. The number of anilines is 1. The summed E-state index contributed by atoms with van der Waals surface area (Å²) >= 11 is 0. The summed E-state index contributed by atoms with van der Waals surface area (Å²) in [6.07, 6.45) is 0. The molecule has 0 atom stereocenters. The Labute approximate surface area is 125 Å². The largest absolute Gasteiger partial charge is 0.397 e. The van der Waals surface area contributed by atoms with Crippen molar-refractivity contribution >= 4 is 15.7 Å². The summed E-state index contributed by atoms with van der Waals surface area (Å²) < 4.78 is 27.1. The van der Waals surface area contributed by atoms with Crippen molar-refractivity contribution in [2.24, 2.45) is 0 Å². The second-order valence-electron chi connectivity index (χ2n) is 5.22. The third kappa shape index (κ3) is 2.54. The molecule has 1 aromatic heterocycles. The van der Waals surface area contributed by atoms with E-state index < -0.39 is 10.0 Å². The summed E-state index contributed by atoms with van der Waals surface area (Å²) in [6, 6.07) is 4.70. The first-order chi connectivity index (χ1) is 9.66. The van der Waals surface area contributed by atoms with Gasteiger partial charge in [0.1, 0.15) is 0 Å². The molecule has 1 heterocycles. The molecule has 2 rings (SSSR count). The van der Waals surface area contributed by atoms with E-state index in [-0.39, 0.29) is 4.90 Å². The van der Waals surface area contributed by atoms with Crippen molar-refractivity contribution in [3.05, 3.63) is 35.2 Å². The number of aryl methyl sites for hydroxylation is 1. The second-order valence-corrected chi connectivity index (χ2v) is 7.37. The normalized spacial score (nSPS) is 12.1. The van der Waals surface area contributed by atoms with Crippen LogP contribution in [0.25, 0.3) is 5.69 Å². The first-order valence-corrected chi connectivity index (χ1v) is 7.95. The van der Waals surface area contributed by atoms with Crippen LogP contribution >= 0.6 is 0 Å². The van der Waals surface area contributed by atoms with E-state index in [2.05, 4.69) is 5.10 Å². The van der Waals surface area contributed by atoms with Crippen LogP contribution in [0.5, 0.6) is 0 Å². The number of nitrogens with zero attached hydrogens (tertiary/aromatic N) is 3. The summed E-state index contributed by atoms with van der Waals surface area (Å²) in [5.41, 5.74) is 10.1. The Balaban J connectivity index is 2.57. The second kappa shape index (κ2) is 5.16. The fourth-order valence-corrected chi connectivity index (χ4v) is 2.99. The summed E-state index contributed by atoms with van der Waals surface area (Å²) in [5.74, 6) is 0. The first-order valence-electron chi connectivity index (χ1n) is 6.51. The molecule has 0 spiro atoms. The van der Waals surface area contributed by atoms with E-state index in [1.807, 2.05) is 20.8 Å². The van der Waals surface area contributed by atoms with Crippen molar-refractivity contribution in [2.75, 3.05) is 19.8 Å². The lowest BCUT2D eigenvalue weighted by atomic mass is 10.2. The minimum absolute atomic E-state index is 0.173. The van der Waals surface area contributed by atoms with Gasteiger partial charge in [0.05, 0.1) is 22.0 Å². The van der Waals surface area contributed by atoms with Crippen molar-refractivity contribution in [2.45, 2.75) is 25.7 Å². The zero-order valence-corrected chi connectivity index (χ0v) is 13.7. The summed E-state index contributed by atoms with van der Waals surface area (Å²) in [5, 5.41) is 4.44. The van der Waals surface area contributed by atoms with Crippen molar-refractivity contribution in [3.8, 4) is 5.69 Å². The molecule has 0 aliphatic heterocycles. The minimum Gasteiger partial charge on any atom is -0.397 e. The van der Waals surface area contributed by atoms with Gasteiger partial charge in [-0.25, -0.2) is 17.4 Å². The summed E-state index contributed by atoms with van der Waals surface area (Å²) in [6.45, 7) is 5.88. The van der Waals surface area contributed by atoms with Crippen LogP contribution < -0.4 is 5.73 Å². The van der Waals surface area contributed by atoms with Crippen molar-refractivity contribution in [1.29, 1.82) is 0 Å². The third-order valence-electron chi connectivity index (χ3n) is 3.66. The Morgan fingerprint density at radius 1 is 1.19 bits per heavy atom. The molecule has 0 aliphatic rings. The molecule has 6 nitrogen and oxygen atoms in total. The number of rotatable bonds is 3. The van der Waals surface area contributed by atoms with Gasteiger partial charge < -0.3 is 5.73 Å². The monoisotopic (exact) mass is 308 g/mol. The van der Waals surface area contributed by atoms with Gasteiger partial charge in [-0.1, -0.05) is 0 Å². The number of nitrogens with two attached hydrogens (primary N) is 1. The molecular weight excluding hydrogens is 288 g/mol. The first kappa shape index (κ1) is 15.5. The summed E-state index contributed by atoms with van der Waals surface area (Å²) in [4.78, 5) is 0.173. The molecule has 2 aromatic rings. The number of aromatic nitrogens is 2. The predicted molar refractivity (Wildman–Crippen MR) is 83.1 cm³/mol. The van der Waals surface area contributed by atoms with Gasteiger partial charge in [0.15, 0.2) is 0 Å². The van der Waals surface area contributed by atoms with Gasteiger partial charge in [-0.3, -0.25) is 0 Å². The maximum absolute atomic E-state index is 12.1. The molecule has 7 heteroatoms. The van der Waals surface area contributed by atoms with Gasteiger partial charge in [0, 0.05) is 19.8 Å². The zero-order chi connectivity index (χ0) is 15.9. The molecular formula is C14H20N4O2S. The highest BCUT2D eigenvalue weighted by molar-refractivity contribution is 7.89. The topological polar surface area (TPSA) is 81.2 Å². The van der Waals surface area contributed by atoms with Gasteiger partial charge in [0.25, 0.3) is 0 Å². The SMILES string of the molecule is Cc1nn(-c2ccc(S(=O)(=O)N(C)C)cc2N)c(C)c1C. The van der Waals surface area contributed by atoms with E-state index in [9.17, 15) is 8.42 Å². The van der Waals surface area contributed by atoms with Gasteiger partial charge >= 0.3 is 0 Å². The predicted octanol–water partition coefficient (Wildman–Crippen LogP) is 1.63. The van der Waals surface area contributed by atoms with Crippen LogP contribution in [-0.4, -0.2) is 36.6 Å². The van der Waals surface area contributed by atoms with E-state index in [1.54, 1.807) is 16.8 Å². The van der Waals surface area contributed by atoms with Crippen LogP contribution in [-0.2, 0) is 10.0 Å². The van der Waals surface area contributed by atoms with Gasteiger partial charge in [-0.15, -0.1) is 0 Å². The molecule has 0 saturated heterocycles. The van der Waals surface area contributed by atoms with Gasteiger partial charge in [0.2, 0.25) is 10.0 Å². The van der Waals surface area contributed by atoms with Crippen LogP contribution in [0.15, 0.2) is 23.1 Å². The molecule has 2 N–H and O–H groups in total. The Kier molecular flexibility index (Phi) is 3.81. The molecule has 0 aliphatic carbocycles. The van der Waals surface area contributed by atoms with Crippen LogP contribution in [0.4, 0.5) is 5.69 Å². The Morgan fingerprint density at radius 2 is 1.81 bits per heavy atom. The van der Waals surface area contributed by atoms with Crippen molar-refractivity contribution < 1.29 is 8.42 Å². The fourth-order valence-electron chi connectivity index (χ4n) is 2.05. The lowest BCUT2D eigenvalue weighted by Gasteiger charge is -2.14. The van der Waals surface area contributed by atoms with E-state index >= 15 is 0 Å². The number of hydrogen-bond acceptors (Lipinski definition) is 4. The number of sulfonamides is 1. The maximum atomic E-state index is 12.1. The average Bonchev–Trinajstić information content (AvgIpc) is 2.66. The van der Waals surface area contributed by atoms with E-state index in [1.165, 1.54) is 20.2 Å². The molecule has 0 fully saturated rings. The maximum Gasteiger partial charge on any atom is 0.242 e. The molecule has 0 unspecified atom stereocenters. The fraction of sp³-hybridized carbons (Fsp3) is 0.357. The quantitative estimate of drug-likeness (QED) is 0.874. The minimum atomic E-state index is -3.49. The Bertz CT molecular complexity index is 792. The van der Waals surface area contributed by atoms with Crippen LogP contribution in [0.1, 0.15) is 17.0 Å². The number of hydrogen-bond donors (Lipinski definition) is 1. The zero-order valence-electron chi connectivity index (χ0n) is 12.9. The number of benzene rings is 1. The Hall–Kier alpha value is -1.86. The van der Waals surface area contributed by atoms with E-state index in [0.717, 1.165) is 21.3 Å². The standard InChI is InChI=1S/C14H20N4O2S/c1-9-10(2)16-18(11(9)3)14-7-6-12(8-13(14)15)21(19,20)17(4)5/h6-8H,15H2,1-5H3. The van der Waals surface area contributed by atoms with E-state index in [0.29, 0.717) is 11.4 Å². The van der Waals surface area contributed by atoms with Crippen LogP contribution in [0.3, 0.4) is 0 Å². The third-order valence-corrected chi connectivity index (χ3v) is 5.47. The molecule has 21 heavy (non-hydrogen) atoms. The summed E-state index contributed by atoms with van der Waals surface area (Å²) in [7, 11) is -0.508. The molecule has 0 saturated carbocycles. The lowest BCUT2D eigenvalue weighted by molar-refractivity contribution is 0.521. The van der Waals surface area contributed by atoms with E-state index in [4.69, 9.17) is 5.73 Å². The van der Waals surface area contributed by atoms with Gasteiger partial charge in [-0.05, 0) is 44.5 Å². The van der Waals surface area contributed by atoms with Crippen molar-refractivity contribution in [1.82, 2.24) is 14.1 Å². The number of nitrogen functional groups attached to an aromatic ring is 1. The van der Waals surface area contributed by atoms with Crippen LogP contribution in [0, 0.1) is 20.8 Å². The molecule has 0 bridgehead atoms. The molecule has 0 radical (unpaired) electrons. The highest BCUT2D eigenvalue weighted by atomic mass is 32.2. The van der Waals surface area contributed by atoms with Gasteiger partial charge in [-0.2, -0.15) is 5.10 Å². The molecule has 0 amide bonds. The van der Waals surface area contributed by atoms with Crippen molar-refractivity contribution in [3.63, 3.8) is 0 Å². The smallest absolute Gasteiger partial charge is 0.242 e. The molecule has 114 valence electrons. The Morgan fingerprint density at radius 3 is 2.24 bits per heavy atom. The average molecular weight is 308 g/mol.